The van der Waals surface area contributed by atoms with Gasteiger partial charge < -0.3 is 16.3 Å². The van der Waals surface area contributed by atoms with E-state index in [1.807, 2.05) is 19.1 Å². The average Bonchev–Trinajstić information content (AvgIpc) is 2.28. The summed E-state index contributed by atoms with van der Waals surface area (Å²) >= 11 is 5.85. The smallest absolute Gasteiger partial charge is 0.228 e. The maximum absolute atomic E-state index is 11.5. The monoisotopic (exact) mass is 255 g/mol. The van der Waals surface area contributed by atoms with Crippen LogP contribution in [0.4, 0.5) is 0 Å². The summed E-state index contributed by atoms with van der Waals surface area (Å²) in [6.07, 6.45) is -0.137. The number of nitrogens with one attached hydrogen (secondary N) is 1. The van der Waals surface area contributed by atoms with E-state index in [0.717, 1.165) is 5.56 Å². The van der Waals surface area contributed by atoms with Crippen LogP contribution in [0.3, 0.4) is 0 Å². The number of amidine groups is 1. The number of nitrogens with zero attached hydrogens (tertiary/aromatic N) is 1. The van der Waals surface area contributed by atoms with Gasteiger partial charge in [-0.15, -0.1) is 0 Å². The van der Waals surface area contributed by atoms with Gasteiger partial charge in [-0.25, -0.2) is 0 Å². The summed E-state index contributed by atoms with van der Waals surface area (Å²) in [5.74, 6) is -0.437. The third kappa shape index (κ3) is 4.32. The molecular formula is C11H14ClN3O2. The van der Waals surface area contributed by atoms with Gasteiger partial charge in [0.05, 0.1) is 12.5 Å². The number of amides is 1. The highest BCUT2D eigenvalue weighted by atomic mass is 35.5. The SMILES string of the molecule is CC(NC(=O)CC(N)=NO)c1cccc(Cl)c1. The standard InChI is InChI=1S/C11H14ClN3O2/c1-7(8-3-2-4-9(12)5-8)14-11(16)6-10(13)15-17/h2-5,7,17H,6H2,1H3,(H2,13,15)(H,14,16). The van der Waals surface area contributed by atoms with Crippen molar-refractivity contribution in [3.8, 4) is 0 Å². The van der Waals surface area contributed by atoms with E-state index in [0.29, 0.717) is 5.02 Å². The van der Waals surface area contributed by atoms with E-state index in [2.05, 4.69) is 10.5 Å². The molecular weight excluding hydrogens is 242 g/mol. The second-order valence-corrected chi connectivity index (χ2v) is 4.05. The first-order chi connectivity index (χ1) is 8.02. The minimum Gasteiger partial charge on any atom is -0.409 e. The van der Waals surface area contributed by atoms with Gasteiger partial charge in [-0.3, -0.25) is 4.79 Å². The van der Waals surface area contributed by atoms with Crippen molar-refractivity contribution in [2.45, 2.75) is 19.4 Å². The lowest BCUT2D eigenvalue weighted by Gasteiger charge is -2.14. The van der Waals surface area contributed by atoms with Gasteiger partial charge in [0, 0.05) is 5.02 Å². The maximum atomic E-state index is 11.5. The highest BCUT2D eigenvalue weighted by Gasteiger charge is 2.11. The molecule has 0 aliphatic rings. The predicted octanol–water partition coefficient (Wildman–Crippen LogP) is 1.65. The van der Waals surface area contributed by atoms with E-state index < -0.39 is 0 Å². The van der Waals surface area contributed by atoms with Gasteiger partial charge in [-0.05, 0) is 24.6 Å². The third-order valence-electron chi connectivity index (χ3n) is 2.20. The van der Waals surface area contributed by atoms with Crippen LogP contribution in [0.15, 0.2) is 29.4 Å². The fourth-order valence-corrected chi connectivity index (χ4v) is 1.55. The summed E-state index contributed by atoms with van der Waals surface area (Å²) in [6, 6.07) is 7.02. The molecule has 6 heteroatoms. The van der Waals surface area contributed by atoms with Crippen LogP contribution in [0.5, 0.6) is 0 Å². The molecule has 1 amide bonds. The molecule has 0 bridgehead atoms. The molecule has 17 heavy (non-hydrogen) atoms. The zero-order valence-electron chi connectivity index (χ0n) is 9.35. The van der Waals surface area contributed by atoms with Gasteiger partial charge in [0.2, 0.25) is 5.91 Å². The number of hydrogen-bond acceptors (Lipinski definition) is 3. The summed E-state index contributed by atoms with van der Waals surface area (Å²) in [5, 5.41) is 14.4. The van der Waals surface area contributed by atoms with E-state index in [1.54, 1.807) is 12.1 Å². The van der Waals surface area contributed by atoms with Crippen molar-refractivity contribution in [2.75, 3.05) is 0 Å². The first-order valence-corrected chi connectivity index (χ1v) is 5.42. The summed E-state index contributed by atoms with van der Waals surface area (Å²) in [5.41, 5.74) is 6.12. The Balaban J connectivity index is 2.60. The van der Waals surface area contributed by atoms with Gasteiger partial charge in [-0.2, -0.15) is 0 Å². The van der Waals surface area contributed by atoms with Crippen molar-refractivity contribution >= 4 is 23.3 Å². The number of nitrogens with two attached hydrogens (primary N) is 1. The highest BCUT2D eigenvalue weighted by molar-refractivity contribution is 6.30. The number of carbonyl (C=O) groups excluding carboxylic acids is 1. The first kappa shape index (κ1) is 13.3. The van der Waals surface area contributed by atoms with Crippen molar-refractivity contribution in [2.24, 2.45) is 10.9 Å². The molecule has 0 fully saturated rings. The largest absolute Gasteiger partial charge is 0.409 e. The quantitative estimate of drug-likeness (QED) is 0.331. The molecule has 1 atom stereocenters. The second-order valence-electron chi connectivity index (χ2n) is 3.61. The lowest BCUT2D eigenvalue weighted by atomic mass is 10.1. The van der Waals surface area contributed by atoms with Crippen LogP contribution in [0, 0.1) is 0 Å². The molecule has 1 rings (SSSR count). The molecule has 4 N–H and O–H groups in total. The van der Waals surface area contributed by atoms with Gasteiger partial charge in [0.25, 0.3) is 0 Å². The molecule has 1 aromatic rings. The summed E-state index contributed by atoms with van der Waals surface area (Å²) in [6.45, 7) is 1.83. The lowest BCUT2D eigenvalue weighted by Crippen LogP contribution is -2.30. The Kier molecular flexibility index (Phi) is 4.78. The van der Waals surface area contributed by atoms with E-state index >= 15 is 0 Å². The molecule has 0 aromatic heterocycles. The normalized spacial score (nSPS) is 13.2. The number of halogens is 1. The van der Waals surface area contributed by atoms with Crippen LogP contribution in [-0.4, -0.2) is 17.0 Å². The molecule has 0 saturated carbocycles. The minimum atomic E-state index is -0.312. The van der Waals surface area contributed by atoms with E-state index in [-0.39, 0.29) is 24.2 Å². The Hall–Kier alpha value is -1.75. The van der Waals surface area contributed by atoms with E-state index in [4.69, 9.17) is 22.5 Å². The highest BCUT2D eigenvalue weighted by Crippen LogP contribution is 2.17. The molecule has 92 valence electrons. The van der Waals surface area contributed by atoms with E-state index in [1.165, 1.54) is 0 Å². The molecule has 5 nitrogen and oxygen atoms in total. The van der Waals surface area contributed by atoms with Gasteiger partial charge in [0.1, 0.15) is 5.84 Å². The average molecular weight is 256 g/mol. The minimum absolute atomic E-state index is 0.124. The van der Waals surface area contributed by atoms with Crippen LogP contribution in [0.2, 0.25) is 5.02 Å². The molecule has 0 saturated heterocycles. The molecule has 0 radical (unpaired) electrons. The summed E-state index contributed by atoms with van der Waals surface area (Å²) in [4.78, 5) is 11.5. The Morgan fingerprint density at radius 2 is 2.35 bits per heavy atom. The number of rotatable bonds is 4. The molecule has 0 aliphatic heterocycles. The van der Waals surface area contributed by atoms with Crippen LogP contribution in [-0.2, 0) is 4.79 Å². The lowest BCUT2D eigenvalue weighted by molar-refractivity contribution is -0.120. The van der Waals surface area contributed by atoms with Crippen LogP contribution >= 0.6 is 11.6 Å². The van der Waals surface area contributed by atoms with Crippen molar-refractivity contribution in [1.29, 1.82) is 0 Å². The number of carbonyl (C=O) groups is 1. The summed E-state index contributed by atoms with van der Waals surface area (Å²) < 4.78 is 0. The molecule has 0 heterocycles. The van der Waals surface area contributed by atoms with Crippen molar-refractivity contribution < 1.29 is 10.0 Å². The van der Waals surface area contributed by atoms with Gasteiger partial charge in [0.15, 0.2) is 0 Å². The number of hydrogen-bond donors (Lipinski definition) is 3. The first-order valence-electron chi connectivity index (χ1n) is 5.04. The molecule has 1 unspecified atom stereocenters. The Labute approximate surface area is 104 Å². The zero-order chi connectivity index (χ0) is 12.8. The van der Waals surface area contributed by atoms with Crippen LogP contribution < -0.4 is 11.1 Å². The Morgan fingerprint density at radius 3 is 2.94 bits per heavy atom. The molecule has 1 aromatic carbocycles. The Bertz CT molecular complexity index is 434. The Morgan fingerprint density at radius 1 is 1.65 bits per heavy atom. The van der Waals surface area contributed by atoms with Crippen LogP contribution in [0.25, 0.3) is 0 Å². The van der Waals surface area contributed by atoms with E-state index in [9.17, 15) is 4.79 Å². The zero-order valence-corrected chi connectivity index (χ0v) is 10.1. The third-order valence-corrected chi connectivity index (χ3v) is 2.43. The van der Waals surface area contributed by atoms with Crippen molar-refractivity contribution in [3.05, 3.63) is 34.9 Å². The molecule has 0 aliphatic carbocycles. The van der Waals surface area contributed by atoms with Crippen molar-refractivity contribution in [3.63, 3.8) is 0 Å². The fraction of sp³-hybridized carbons (Fsp3) is 0.273. The predicted molar refractivity (Wildman–Crippen MR) is 66.0 cm³/mol. The molecule has 0 spiro atoms. The number of oxime groups is 1. The van der Waals surface area contributed by atoms with Crippen LogP contribution in [0.1, 0.15) is 24.9 Å². The fourth-order valence-electron chi connectivity index (χ4n) is 1.35. The summed E-state index contributed by atoms with van der Waals surface area (Å²) in [7, 11) is 0. The second kappa shape index (κ2) is 6.10. The van der Waals surface area contributed by atoms with Gasteiger partial charge in [-0.1, -0.05) is 28.9 Å². The maximum Gasteiger partial charge on any atom is 0.228 e. The van der Waals surface area contributed by atoms with Gasteiger partial charge >= 0.3 is 0 Å². The topological polar surface area (TPSA) is 87.7 Å². The number of benzene rings is 1. The van der Waals surface area contributed by atoms with Crippen molar-refractivity contribution in [1.82, 2.24) is 5.32 Å².